The van der Waals surface area contributed by atoms with Crippen LogP contribution >= 0.6 is 11.8 Å². The molecule has 0 radical (unpaired) electrons. The van der Waals surface area contributed by atoms with Crippen molar-refractivity contribution in [3.63, 3.8) is 0 Å². The number of hydrogen-bond acceptors (Lipinski definition) is 8. The van der Waals surface area contributed by atoms with Gasteiger partial charge in [0.2, 0.25) is 18.0 Å². The number of amides is 6. The first-order chi connectivity index (χ1) is 19.8. The molecule has 42 heavy (non-hydrogen) atoms. The molecule has 0 bridgehead atoms. The number of aliphatic carboxylic acids is 1. The van der Waals surface area contributed by atoms with E-state index in [1.807, 2.05) is 6.07 Å². The predicted molar refractivity (Wildman–Crippen MR) is 151 cm³/mol. The fourth-order valence-corrected chi connectivity index (χ4v) is 6.56. The second-order valence-electron chi connectivity index (χ2n) is 10.1. The normalized spacial score (nSPS) is 22.8. The van der Waals surface area contributed by atoms with Gasteiger partial charge in [-0.25, -0.2) is 9.59 Å². The Bertz CT molecular complexity index is 1450. The topological polar surface area (TPSA) is 185 Å². The summed E-state index contributed by atoms with van der Waals surface area (Å²) >= 11 is 1.09. The van der Waals surface area contributed by atoms with E-state index in [0.29, 0.717) is 6.41 Å². The first kappa shape index (κ1) is 30.1. The third kappa shape index (κ3) is 5.28. The van der Waals surface area contributed by atoms with Gasteiger partial charge in [-0.1, -0.05) is 42.5 Å². The lowest BCUT2D eigenvalue weighted by molar-refractivity contribution is -0.176. The minimum Gasteiger partial charge on any atom is -0.508 e. The van der Waals surface area contributed by atoms with Crippen molar-refractivity contribution in [2.75, 3.05) is 7.05 Å². The lowest BCUT2D eigenvalue weighted by atomic mass is 9.88. The van der Waals surface area contributed by atoms with Gasteiger partial charge in [0.1, 0.15) is 23.2 Å². The molecular weight excluding hydrogens is 566 g/mol. The molecule has 1 unspecified atom stereocenters. The second kappa shape index (κ2) is 11.6. The number of imide groups is 1. The van der Waals surface area contributed by atoms with E-state index in [4.69, 9.17) is 0 Å². The van der Waals surface area contributed by atoms with Crippen molar-refractivity contribution >= 4 is 54.0 Å². The average Bonchev–Trinajstić information content (AvgIpc) is 3.17. The zero-order valence-corrected chi connectivity index (χ0v) is 23.6. The Morgan fingerprint density at radius 1 is 1.07 bits per heavy atom. The van der Waals surface area contributed by atoms with E-state index in [1.165, 1.54) is 57.3 Å². The van der Waals surface area contributed by atoms with Crippen LogP contribution in [0.3, 0.4) is 0 Å². The van der Waals surface area contributed by atoms with Crippen molar-refractivity contribution in [1.82, 2.24) is 25.8 Å². The number of fused-ring (bicyclic) bond motifs is 1. The van der Waals surface area contributed by atoms with Gasteiger partial charge in [-0.05, 0) is 43.2 Å². The van der Waals surface area contributed by atoms with Crippen LogP contribution < -0.4 is 16.0 Å². The number of nitrogens with zero attached hydrogens (tertiary/aromatic N) is 2. The molecule has 220 valence electrons. The summed E-state index contributed by atoms with van der Waals surface area (Å²) in [4.78, 5) is 78.1. The molecule has 2 fully saturated rings. The maximum atomic E-state index is 13.8. The molecule has 0 aliphatic carbocycles. The summed E-state index contributed by atoms with van der Waals surface area (Å²) in [5, 5.41) is 26.7. The van der Waals surface area contributed by atoms with Crippen molar-refractivity contribution in [3.8, 4) is 5.75 Å². The molecule has 0 saturated carbocycles. The van der Waals surface area contributed by atoms with E-state index in [2.05, 4.69) is 16.0 Å². The Balaban J connectivity index is 1.62. The van der Waals surface area contributed by atoms with Crippen LogP contribution in [-0.4, -0.2) is 85.0 Å². The van der Waals surface area contributed by atoms with E-state index in [1.54, 1.807) is 24.3 Å². The molecule has 6 amide bonds. The van der Waals surface area contributed by atoms with Gasteiger partial charge in [-0.2, -0.15) is 0 Å². The summed E-state index contributed by atoms with van der Waals surface area (Å²) < 4.78 is -1.29. The van der Waals surface area contributed by atoms with Gasteiger partial charge in [0.05, 0.1) is 4.75 Å². The van der Waals surface area contributed by atoms with Crippen LogP contribution in [-0.2, 0) is 24.0 Å². The van der Waals surface area contributed by atoms with Crippen molar-refractivity contribution in [2.24, 2.45) is 0 Å². The SMILES string of the molecule is CN(C(=O)C=Cc1ccccc1)C(=O)NC(C(=O)N[C@@]1(C(=O)O)N2C(=O)[C@@H](NC=O)[C@H]2SC1(C)C)c1ccc(O)cc1. The van der Waals surface area contributed by atoms with Crippen molar-refractivity contribution in [2.45, 2.75) is 41.7 Å². The largest absolute Gasteiger partial charge is 0.508 e. The molecule has 0 aromatic heterocycles. The van der Waals surface area contributed by atoms with Crippen LogP contribution in [0.2, 0.25) is 0 Å². The average molecular weight is 596 g/mol. The van der Waals surface area contributed by atoms with Gasteiger partial charge in [-0.15, -0.1) is 11.8 Å². The van der Waals surface area contributed by atoms with Gasteiger partial charge in [0, 0.05) is 13.1 Å². The smallest absolute Gasteiger partial charge is 0.352 e. The number of nitrogens with one attached hydrogen (secondary N) is 3. The molecule has 14 heteroatoms. The molecule has 0 spiro atoms. The Kier molecular flexibility index (Phi) is 8.29. The highest BCUT2D eigenvalue weighted by molar-refractivity contribution is 8.01. The number of urea groups is 1. The number of β-lactam (4-membered cyclic amide) rings is 1. The highest BCUT2D eigenvalue weighted by Crippen LogP contribution is 2.55. The summed E-state index contributed by atoms with van der Waals surface area (Å²) in [5.41, 5.74) is -1.37. The minimum atomic E-state index is -2.25. The Morgan fingerprint density at radius 2 is 1.71 bits per heavy atom. The van der Waals surface area contributed by atoms with Gasteiger partial charge < -0.3 is 26.2 Å². The van der Waals surface area contributed by atoms with Crippen LogP contribution in [0.1, 0.15) is 31.0 Å². The number of aromatic hydroxyl groups is 1. The molecule has 2 heterocycles. The van der Waals surface area contributed by atoms with E-state index in [9.17, 15) is 39.0 Å². The Hall–Kier alpha value is -4.85. The van der Waals surface area contributed by atoms with Gasteiger partial charge >= 0.3 is 12.0 Å². The molecular formula is C28H29N5O8S. The standard InChI is InChI=1S/C28H29N5O8S/c1-27(2)28(25(39)40,33-23(38)21(29-15-34)24(33)42-27)31-22(37)20(17-10-12-18(35)13-11-17)30-26(41)32(3)19(36)14-9-16-7-5-4-6-8-16/h4-15,20-21,24,35H,1-3H3,(H,29,34)(H,30,41)(H,31,37)(H,39,40)/t20?,21-,24-,28+/m1/s1. The van der Waals surface area contributed by atoms with Crippen LogP contribution in [0.15, 0.2) is 60.7 Å². The molecule has 5 N–H and O–H groups in total. The zero-order chi connectivity index (χ0) is 30.8. The highest BCUT2D eigenvalue weighted by atomic mass is 32.2. The van der Waals surface area contributed by atoms with Crippen molar-refractivity contribution < 1.29 is 39.0 Å². The molecule has 4 rings (SSSR count). The number of likely N-dealkylation sites (N-methyl/N-ethyl adjacent to an activating group) is 1. The minimum absolute atomic E-state index is 0.124. The van der Waals surface area contributed by atoms with Crippen molar-refractivity contribution in [3.05, 3.63) is 71.8 Å². The number of benzene rings is 2. The third-order valence-corrected chi connectivity index (χ3v) is 8.77. The first-order valence-corrected chi connectivity index (χ1v) is 13.6. The maximum absolute atomic E-state index is 13.8. The third-order valence-electron chi connectivity index (χ3n) is 7.16. The summed E-state index contributed by atoms with van der Waals surface area (Å²) in [6.45, 7) is 3.07. The number of carboxylic acid groups (broad SMARTS) is 1. The van der Waals surface area contributed by atoms with E-state index in [0.717, 1.165) is 27.1 Å². The van der Waals surface area contributed by atoms with E-state index >= 15 is 0 Å². The quantitative estimate of drug-likeness (QED) is 0.160. The molecule has 2 aliphatic heterocycles. The van der Waals surface area contributed by atoms with Crippen LogP contribution in [0.25, 0.3) is 6.08 Å². The molecule has 4 atom stereocenters. The molecule has 2 aliphatic rings. The number of carbonyl (C=O) groups excluding carboxylic acids is 5. The number of phenolic OH excluding ortho intramolecular Hbond substituents is 1. The predicted octanol–water partition coefficient (Wildman–Crippen LogP) is 1.02. The van der Waals surface area contributed by atoms with Gasteiger partial charge in [0.15, 0.2) is 0 Å². The lowest BCUT2D eigenvalue weighted by Gasteiger charge is -2.49. The van der Waals surface area contributed by atoms with E-state index in [-0.39, 0.29) is 11.3 Å². The van der Waals surface area contributed by atoms with E-state index < -0.39 is 57.6 Å². The number of carboxylic acids is 1. The Labute approximate surface area is 244 Å². The fourth-order valence-electron chi connectivity index (χ4n) is 4.85. The number of hydrogen-bond donors (Lipinski definition) is 5. The number of carbonyl (C=O) groups is 6. The lowest BCUT2D eigenvalue weighted by Crippen LogP contribution is -2.80. The summed E-state index contributed by atoms with van der Waals surface area (Å²) in [7, 11) is 1.21. The van der Waals surface area contributed by atoms with Gasteiger partial charge in [-0.3, -0.25) is 29.0 Å². The van der Waals surface area contributed by atoms with Crippen LogP contribution in [0.4, 0.5) is 4.79 Å². The van der Waals surface area contributed by atoms with Gasteiger partial charge in [0.25, 0.3) is 11.8 Å². The molecule has 2 aromatic rings. The maximum Gasteiger partial charge on any atom is 0.352 e. The summed E-state index contributed by atoms with van der Waals surface area (Å²) in [6.07, 6.45) is 3.04. The van der Waals surface area contributed by atoms with Crippen molar-refractivity contribution in [1.29, 1.82) is 0 Å². The number of thioether (sulfide) groups is 1. The number of phenols is 1. The monoisotopic (exact) mass is 595 g/mol. The molecule has 2 aromatic carbocycles. The molecule has 2 saturated heterocycles. The number of rotatable bonds is 9. The summed E-state index contributed by atoms with van der Waals surface area (Å²) in [6, 6.07) is 10.7. The second-order valence-corrected chi connectivity index (χ2v) is 11.8. The first-order valence-electron chi connectivity index (χ1n) is 12.7. The van der Waals surface area contributed by atoms with Crippen LogP contribution in [0.5, 0.6) is 5.75 Å². The fraction of sp³-hybridized carbons (Fsp3) is 0.286. The Morgan fingerprint density at radius 3 is 2.31 bits per heavy atom. The van der Waals surface area contributed by atoms with Crippen LogP contribution in [0, 0.1) is 0 Å². The summed E-state index contributed by atoms with van der Waals surface area (Å²) in [5.74, 6) is -4.04. The molecule has 13 nitrogen and oxygen atoms in total. The zero-order valence-electron chi connectivity index (χ0n) is 22.8. The highest BCUT2D eigenvalue weighted by Gasteiger charge is 2.74.